The third-order valence-electron chi connectivity index (χ3n) is 2.14. The average molecular weight is 228 g/mol. The number of ether oxygens (including phenoxy) is 1. The molecule has 0 unspecified atom stereocenters. The van der Waals surface area contributed by atoms with Gasteiger partial charge in [-0.05, 0) is 33.1 Å². The molecule has 0 bridgehead atoms. The number of carboxylic acids is 1. The third-order valence-corrected chi connectivity index (χ3v) is 2.14. The van der Waals surface area contributed by atoms with Gasteiger partial charge in [-0.25, -0.2) is 4.79 Å². The van der Waals surface area contributed by atoms with Crippen LogP contribution in [-0.4, -0.2) is 23.7 Å². The van der Waals surface area contributed by atoms with Gasteiger partial charge in [0.25, 0.3) is 0 Å². The highest BCUT2D eigenvalue weighted by molar-refractivity contribution is 5.87. The van der Waals surface area contributed by atoms with Gasteiger partial charge in [-0.2, -0.15) is 0 Å². The van der Waals surface area contributed by atoms with Crippen LogP contribution in [0, 0.1) is 0 Å². The predicted octanol–water partition coefficient (Wildman–Crippen LogP) is 2.53. The smallest absolute Gasteiger partial charge is 0.333 e. The first kappa shape index (κ1) is 14.7. The van der Waals surface area contributed by atoms with Crippen LogP contribution < -0.4 is 0 Å². The van der Waals surface area contributed by atoms with Crippen LogP contribution in [0.2, 0.25) is 0 Å². The fourth-order valence-electron chi connectivity index (χ4n) is 1.24. The standard InChI is InChI=1S/C12H20O4/c1-3-16-12(15)10(2)8-6-4-5-7-9-11(13)14/h8H,3-7,9H2,1-2H3,(H,13,14)/b10-8+. The summed E-state index contributed by atoms with van der Waals surface area (Å²) in [7, 11) is 0. The Bertz CT molecular complexity index is 256. The molecular weight excluding hydrogens is 208 g/mol. The van der Waals surface area contributed by atoms with Crippen molar-refractivity contribution >= 4 is 11.9 Å². The molecule has 4 nitrogen and oxygen atoms in total. The van der Waals surface area contributed by atoms with E-state index in [-0.39, 0.29) is 12.4 Å². The van der Waals surface area contributed by atoms with Crippen molar-refractivity contribution in [3.8, 4) is 0 Å². The molecule has 0 saturated carbocycles. The van der Waals surface area contributed by atoms with E-state index in [4.69, 9.17) is 9.84 Å². The Balaban J connectivity index is 3.59. The van der Waals surface area contributed by atoms with E-state index in [0.717, 1.165) is 19.3 Å². The molecule has 0 aliphatic heterocycles. The topological polar surface area (TPSA) is 63.6 Å². The molecule has 0 aliphatic carbocycles. The minimum Gasteiger partial charge on any atom is -0.481 e. The maximum absolute atomic E-state index is 11.2. The first-order valence-electron chi connectivity index (χ1n) is 5.63. The van der Waals surface area contributed by atoms with Gasteiger partial charge < -0.3 is 9.84 Å². The molecule has 0 atom stereocenters. The molecule has 0 radical (unpaired) electrons. The number of allylic oxidation sites excluding steroid dienone is 1. The van der Waals surface area contributed by atoms with Crippen molar-refractivity contribution < 1.29 is 19.4 Å². The molecule has 0 spiro atoms. The fourth-order valence-corrected chi connectivity index (χ4v) is 1.24. The van der Waals surface area contributed by atoms with Gasteiger partial charge in [-0.3, -0.25) is 4.79 Å². The second-order valence-electron chi connectivity index (χ2n) is 3.60. The van der Waals surface area contributed by atoms with Crippen molar-refractivity contribution in [1.82, 2.24) is 0 Å². The number of hydrogen-bond donors (Lipinski definition) is 1. The molecule has 0 saturated heterocycles. The summed E-state index contributed by atoms with van der Waals surface area (Å²) in [6.07, 6.45) is 5.34. The monoisotopic (exact) mass is 228 g/mol. The van der Waals surface area contributed by atoms with Crippen LogP contribution in [0.25, 0.3) is 0 Å². The second-order valence-corrected chi connectivity index (χ2v) is 3.60. The largest absolute Gasteiger partial charge is 0.481 e. The Morgan fingerprint density at radius 1 is 1.25 bits per heavy atom. The number of carbonyl (C=O) groups is 2. The molecule has 0 aromatic carbocycles. The first-order chi connectivity index (χ1) is 7.57. The molecule has 4 heteroatoms. The molecular formula is C12H20O4. The van der Waals surface area contributed by atoms with E-state index in [2.05, 4.69) is 0 Å². The number of carbonyl (C=O) groups excluding carboxylic acids is 1. The lowest BCUT2D eigenvalue weighted by Gasteiger charge is -2.01. The molecule has 92 valence electrons. The highest BCUT2D eigenvalue weighted by Gasteiger charge is 2.03. The van der Waals surface area contributed by atoms with Gasteiger partial charge in [0.15, 0.2) is 0 Å². The number of hydrogen-bond acceptors (Lipinski definition) is 3. The third kappa shape index (κ3) is 8.03. The number of unbranched alkanes of at least 4 members (excludes halogenated alkanes) is 3. The maximum Gasteiger partial charge on any atom is 0.333 e. The van der Waals surface area contributed by atoms with Gasteiger partial charge in [0.2, 0.25) is 0 Å². The highest BCUT2D eigenvalue weighted by atomic mass is 16.5. The van der Waals surface area contributed by atoms with E-state index in [1.54, 1.807) is 13.8 Å². The summed E-state index contributed by atoms with van der Waals surface area (Å²) in [5.74, 6) is -1.02. The van der Waals surface area contributed by atoms with Crippen molar-refractivity contribution in [3.63, 3.8) is 0 Å². The quantitative estimate of drug-likeness (QED) is 0.394. The Hall–Kier alpha value is -1.32. The molecule has 0 aliphatic rings. The minimum absolute atomic E-state index is 0.223. The van der Waals surface area contributed by atoms with Crippen LogP contribution in [0.4, 0.5) is 0 Å². The number of esters is 1. The molecule has 1 N–H and O–H groups in total. The Morgan fingerprint density at radius 3 is 2.50 bits per heavy atom. The van der Waals surface area contributed by atoms with Gasteiger partial charge in [0, 0.05) is 12.0 Å². The van der Waals surface area contributed by atoms with E-state index >= 15 is 0 Å². The van der Waals surface area contributed by atoms with Gasteiger partial charge in [-0.15, -0.1) is 0 Å². The van der Waals surface area contributed by atoms with Crippen LogP contribution in [0.5, 0.6) is 0 Å². The summed E-state index contributed by atoms with van der Waals surface area (Å²) in [6, 6.07) is 0. The lowest BCUT2D eigenvalue weighted by Crippen LogP contribution is -2.04. The van der Waals surface area contributed by atoms with Crippen LogP contribution in [0.3, 0.4) is 0 Å². The second kappa shape index (κ2) is 8.95. The SMILES string of the molecule is CCOC(=O)/C(C)=C/CCCCCC(=O)O. The summed E-state index contributed by atoms with van der Waals surface area (Å²) in [6.45, 7) is 3.90. The number of aliphatic carboxylic acids is 1. The minimum atomic E-state index is -0.752. The van der Waals surface area contributed by atoms with Gasteiger partial charge >= 0.3 is 11.9 Å². The van der Waals surface area contributed by atoms with Crippen molar-refractivity contribution in [2.75, 3.05) is 6.61 Å². The molecule has 0 amide bonds. The summed E-state index contributed by atoms with van der Waals surface area (Å²) in [4.78, 5) is 21.4. The van der Waals surface area contributed by atoms with Crippen LogP contribution >= 0.6 is 0 Å². The normalized spacial score (nSPS) is 11.2. The van der Waals surface area contributed by atoms with E-state index < -0.39 is 5.97 Å². The summed E-state index contributed by atoms with van der Waals surface area (Å²) in [5, 5.41) is 8.42. The van der Waals surface area contributed by atoms with Crippen molar-refractivity contribution in [3.05, 3.63) is 11.6 Å². The first-order valence-corrected chi connectivity index (χ1v) is 5.63. The Labute approximate surface area is 96.3 Å². The molecule has 0 fully saturated rings. The maximum atomic E-state index is 11.2. The molecule has 16 heavy (non-hydrogen) atoms. The zero-order chi connectivity index (χ0) is 12.4. The molecule has 0 aromatic rings. The van der Waals surface area contributed by atoms with Crippen molar-refractivity contribution in [2.45, 2.75) is 46.0 Å². The highest BCUT2D eigenvalue weighted by Crippen LogP contribution is 2.06. The van der Waals surface area contributed by atoms with Gasteiger partial charge in [0.1, 0.15) is 0 Å². The van der Waals surface area contributed by atoms with Gasteiger partial charge in [-0.1, -0.05) is 12.5 Å². The number of rotatable bonds is 8. The lowest BCUT2D eigenvalue weighted by molar-refractivity contribution is -0.138. The van der Waals surface area contributed by atoms with E-state index in [1.807, 2.05) is 6.08 Å². The van der Waals surface area contributed by atoms with Gasteiger partial charge in [0.05, 0.1) is 6.61 Å². The van der Waals surface area contributed by atoms with E-state index in [9.17, 15) is 9.59 Å². The lowest BCUT2D eigenvalue weighted by atomic mass is 10.1. The summed E-state index contributed by atoms with van der Waals surface area (Å²) >= 11 is 0. The van der Waals surface area contributed by atoms with Crippen molar-refractivity contribution in [2.24, 2.45) is 0 Å². The van der Waals surface area contributed by atoms with E-state index in [0.29, 0.717) is 18.6 Å². The predicted molar refractivity (Wildman–Crippen MR) is 61.1 cm³/mol. The average Bonchev–Trinajstić information content (AvgIpc) is 2.22. The fraction of sp³-hybridized carbons (Fsp3) is 0.667. The Morgan fingerprint density at radius 2 is 1.94 bits per heavy atom. The molecule has 0 rings (SSSR count). The summed E-state index contributed by atoms with van der Waals surface area (Å²) < 4.78 is 4.83. The Kier molecular flexibility index (Phi) is 8.21. The van der Waals surface area contributed by atoms with Crippen LogP contribution in [0.1, 0.15) is 46.0 Å². The zero-order valence-electron chi connectivity index (χ0n) is 9.99. The van der Waals surface area contributed by atoms with Crippen molar-refractivity contribution in [1.29, 1.82) is 0 Å². The zero-order valence-corrected chi connectivity index (χ0v) is 9.99. The van der Waals surface area contributed by atoms with Crippen LogP contribution in [0.15, 0.2) is 11.6 Å². The number of carboxylic acid groups (broad SMARTS) is 1. The van der Waals surface area contributed by atoms with Crippen LogP contribution in [-0.2, 0) is 14.3 Å². The molecule has 0 aromatic heterocycles. The summed E-state index contributed by atoms with van der Waals surface area (Å²) in [5.41, 5.74) is 0.625. The molecule has 0 heterocycles. The van der Waals surface area contributed by atoms with E-state index in [1.165, 1.54) is 0 Å².